The molecule has 20 heavy (non-hydrogen) atoms. The normalized spacial score (nSPS) is 13.1. The molecule has 0 aliphatic carbocycles. The molecule has 0 saturated carbocycles. The van der Waals surface area contributed by atoms with Crippen LogP contribution < -0.4 is 5.32 Å². The van der Waals surface area contributed by atoms with Gasteiger partial charge in [0.25, 0.3) is 0 Å². The Morgan fingerprint density at radius 1 is 1.10 bits per heavy atom. The van der Waals surface area contributed by atoms with Gasteiger partial charge in [-0.3, -0.25) is 0 Å². The van der Waals surface area contributed by atoms with Gasteiger partial charge in [0, 0.05) is 5.02 Å². The number of hydrogen-bond acceptors (Lipinski definition) is 2. The van der Waals surface area contributed by atoms with Gasteiger partial charge in [-0.1, -0.05) is 53.7 Å². The number of aliphatic imine (C=N–C) groups is 1. The largest absolute Gasteiger partial charge is 0.358 e. The summed E-state index contributed by atoms with van der Waals surface area (Å²) < 4.78 is 0. The molecule has 104 valence electrons. The fraction of sp³-hybridized carbons (Fsp3) is 0.188. The summed E-state index contributed by atoms with van der Waals surface area (Å²) in [6, 6.07) is 18.1. The summed E-state index contributed by atoms with van der Waals surface area (Å²) >= 11 is 7.48. The molecule has 0 spiro atoms. The van der Waals surface area contributed by atoms with Crippen LogP contribution in [0.2, 0.25) is 5.02 Å². The maximum Gasteiger partial charge on any atom is 0.161 e. The van der Waals surface area contributed by atoms with Crippen LogP contribution in [0, 0.1) is 0 Å². The minimum absolute atomic E-state index is 0.217. The highest BCUT2D eigenvalue weighted by atomic mass is 35.5. The zero-order chi connectivity index (χ0) is 14.4. The predicted molar refractivity (Wildman–Crippen MR) is 90.1 cm³/mol. The minimum atomic E-state index is 0.217. The number of hydrogen-bond donors (Lipinski definition) is 1. The highest BCUT2D eigenvalue weighted by molar-refractivity contribution is 8.13. The van der Waals surface area contributed by atoms with E-state index in [9.17, 15) is 0 Å². The monoisotopic (exact) mass is 304 g/mol. The summed E-state index contributed by atoms with van der Waals surface area (Å²) in [5.74, 6) is 0. The molecule has 2 rings (SSSR count). The van der Waals surface area contributed by atoms with Crippen LogP contribution >= 0.6 is 23.4 Å². The fourth-order valence-electron chi connectivity index (χ4n) is 1.78. The Morgan fingerprint density at radius 2 is 1.75 bits per heavy atom. The Labute approximate surface area is 129 Å². The lowest BCUT2D eigenvalue weighted by atomic mass is 10.1. The fourth-order valence-corrected chi connectivity index (χ4v) is 2.40. The van der Waals surface area contributed by atoms with Gasteiger partial charge in [0.1, 0.15) is 0 Å². The van der Waals surface area contributed by atoms with E-state index in [0.29, 0.717) is 0 Å². The second kappa shape index (κ2) is 7.36. The third-order valence-electron chi connectivity index (χ3n) is 2.89. The van der Waals surface area contributed by atoms with Crippen LogP contribution in [0.15, 0.2) is 59.6 Å². The summed E-state index contributed by atoms with van der Waals surface area (Å²) in [4.78, 5) is 4.59. The van der Waals surface area contributed by atoms with E-state index in [4.69, 9.17) is 11.6 Å². The minimum Gasteiger partial charge on any atom is -0.358 e. The standard InChI is InChI=1S/C16H17ClN2S/c1-12(13-6-4-3-5-7-13)18-16(20-2)19-15-10-8-14(17)9-11-15/h3-12H,1-2H3,(H,18,19)/t12-/m0/s1. The van der Waals surface area contributed by atoms with Crippen molar-refractivity contribution < 1.29 is 0 Å². The SMILES string of the molecule is CSC(=Nc1ccc(Cl)cc1)N[C@@H](C)c1ccccc1. The molecule has 1 N–H and O–H groups in total. The maximum atomic E-state index is 5.88. The first-order chi connectivity index (χ1) is 9.69. The number of amidine groups is 1. The van der Waals surface area contributed by atoms with Gasteiger partial charge in [0.15, 0.2) is 5.17 Å². The maximum absolute atomic E-state index is 5.88. The van der Waals surface area contributed by atoms with E-state index in [1.807, 2.05) is 48.7 Å². The number of halogens is 1. The van der Waals surface area contributed by atoms with E-state index in [-0.39, 0.29) is 6.04 Å². The molecule has 1 atom stereocenters. The molecule has 0 saturated heterocycles. The molecule has 2 aromatic carbocycles. The van der Waals surface area contributed by atoms with E-state index in [1.54, 1.807) is 11.8 Å². The van der Waals surface area contributed by atoms with Gasteiger partial charge in [-0.15, -0.1) is 0 Å². The van der Waals surface area contributed by atoms with Crippen molar-refractivity contribution in [1.82, 2.24) is 5.32 Å². The van der Waals surface area contributed by atoms with Crippen molar-refractivity contribution in [1.29, 1.82) is 0 Å². The molecule has 0 bridgehead atoms. The summed E-state index contributed by atoms with van der Waals surface area (Å²) in [5, 5.41) is 5.04. The average Bonchev–Trinajstić information content (AvgIpc) is 2.49. The van der Waals surface area contributed by atoms with Crippen LogP contribution in [0.1, 0.15) is 18.5 Å². The molecule has 0 aliphatic rings. The van der Waals surface area contributed by atoms with Gasteiger partial charge in [0.2, 0.25) is 0 Å². The predicted octanol–water partition coefficient (Wildman–Crippen LogP) is 5.04. The van der Waals surface area contributed by atoms with Gasteiger partial charge in [-0.05, 0) is 43.0 Å². The van der Waals surface area contributed by atoms with Gasteiger partial charge in [-0.2, -0.15) is 0 Å². The highest BCUT2D eigenvalue weighted by Gasteiger charge is 2.07. The second-order valence-corrected chi connectivity index (χ2v) is 5.61. The van der Waals surface area contributed by atoms with Crippen molar-refractivity contribution in [2.24, 2.45) is 4.99 Å². The first-order valence-corrected chi connectivity index (χ1v) is 7.99. The topological polar surface area (TPSA) is 24.4 Å². The summed E-state index contributed by atoms with van der Waals surface area (Å²) in [6.07, 6.45) is 2.01. The van der Waals surface area contributed by atoms with E-state index in [2.05, 4.69) is 29.4 Å². The Bertz CT molecular complexity index is 567. The van der Waals surface area contributed by atoms with Crippen molar-refractivity contribution in [2.45, 2.75) is 13.0 Å². The smallest absolute Gasteiger partial charge is 0.161 e. The molecule has 0 unspecified atom stereocenters. The zero-order valence-corrected chi connectivity index (χ0v) is 13.1. The van der Waals surface area contributed by atoms with Crippen LogP contribution in [0.25, 0.3) is 0 Å². The molecular formula is C16H17ClN2S. The van der Waals surface area contributed by atoms with E-state index < -0.39 is 0 Å². The lowest BCUT2D eigenvalue weighted by molar-refractivity contribution is 0.724. The molecule has 0 aromatic heterocycles. The van der Waals surface area contributed by atoms with Crippen LogP contribution in [0.4, 0.5) is 5.69 Å². The lowest BCUT2D eigenvalue weighted by Gasteiger charge is -2.16. The van der Waals surface area contributed by atoms with Crippen LogP contribution in [0.5, 0.6) is 0 Å². The van der Waals surface area contributed by atoms with Gasteiger partial charge in [-0.25, -0.2) is 4.99 Å². The van der Waals surface area contributed by atoms with Crippen molar-refractivity contribution in [3.05, 3.63) is 65.2 Å². The lowest BCUT2D eigenvalue weighted by Crippen LogP contribution is -2.23. The Morgan fingerprint density at radius 3 is 2.35 bits per heavy atom. The number of rotatable bonds is 3. The van der Waals surface area contributed by atoms with Crippen LogP contribution in [0.3, 0.4) is 0 Å². The van der Waals surface area contributed by atoms with Gasteiger partial charge < -0.3 is 5.32 Å². The molecule has 0 aliphatic heterocycles. The molecule has 0 radical (unpaired) electrons. The third-order valence-corrected chi connectivity index (χ3v) is 3.74. The number of nitrogens with one attached hydrogen (secondary N) is 1. The molecule has 2 aromatic rings. The zero-order valence-electron chi connectivity index (χ0n) is 11.5. The summed E-state index contributed by atoms with van der Waals surface area (Å²) in [7, 11) is 0. The molecule has 4 heteroatoms. The second-order valence-electron chi connectivity index (χ2n) is 4.37. The summed E-state index contributed by atoms with van der Waals surface area (Å²) in [6.45, 7) is 2.13. The van der Waals surface area contributed by atoms with E-state index in [1.165, 1.54) is 5.56 Å². The summed E-state index contributed by atoms with van der Waals surface area (Å²) in [5.41, 5.74) is 2.14. The van der Waals surface area contributed by atoms with Crippen molar-refractivity contribution in [3.8, 4) is 0 Å². The first-order valence-electron chi connectivity index (χ1n) is 6.39. The highest BCUT2D eigenvalue weighted by Crippen LogP contribution is 2.19. The Balaban J connectivity index is 2.10. The van der Waals surface area contributed by atoms with Crippen molar-refractivity contribution >= 4 is 34.2 Å². The van der Waals surface area contributed by atoms with Crippen molar-refractivity contribution in [2.75, 3.05) is 6.26 Å². The average molecular weight is 305 g/mol. The Hall–Kier alpha value is -1.45. The number of thioether (sulfide) groups is 1. The quantitative estimate of drug-likeness (QED) is 0.634. The third kappa shape index (κ3) is 4.29. The molecule has 0 fully saturated rings. The molecule has 2 nitrogen and oxygen atoms in total. The van der Waals surface area contributed by atoms with Gasteiger partial charge >= 0.3 is 0 Å². The first kappa shape index (κ1) is 14.9. The van der Waals surface area contributed by atoms with E-state index >= 15 is 0 Å². The molecule has 0 amide bonds. The van der Waals surface area contributed by atoms with Gasteiger partial charge in [0.05, 0.1) is 11.7 Å². The Kier molecular flexibility index (Phi) is 5.50. The number of nitrogens with zero attached hydrogens (tertiary/aromatic N) is 1. The molecule has 0 heterocycles. The molecular weight excluding hydrogens is 288 g/mol. The van der Waals surface area contributed by atoms with Crippen LogP contribution in [-0.4, -0.2) is 11.4 Å². The van der Waals surface area contributed by atoms with Crippen LogP contribution in [-0.2, 0) is 0 Å². The number of benzene rings is 2. The van der Waals surface area contributed by atoms with E-state index in [0.717, 1.165) is 15.9 Å². The van der Waals surface area contributed by atoms with Crippen molar-refractivity contribution in [3.63, 3.8) is 0 Å².